The summed E-state index contributed by atoms with van der Waals surface area (Å²) >= 11 is 1.19. The number of ether oxygens (including phenoxy) is 1. The van der Waals surface area contributed by atoms with Gasteiger partial charge in [0.1, 0.15) is 5.75 Å². The lowest BCUT2D eigenvalue weighted by Gasteiger charge is -2.10. The molecule has 136 valence electrons. The highest BCUT2D eigenvalue weighted by Gasteiger charge is 2.12. The van der Waals surface area contributed by atoms with E-state index in [2.05, 4.69) is 11.4 Å². The molecule has 0 saturated heterocycles. The molecule has 26 heavy (non-hydrogen) atoms. The number of hydrogen-bond donors (Lipinski definition) is 1. The van der Waals surface area contributed by atoms with E-state index >= 15 is 0 Å². The van der Waals surface area contributed by atoms with Crippen LogP contribution in [0.1, 0.15) is 31.0 Å². The Morgan fingerprint density at radius 3 is 2.50 bits per heavy atom. The number of nitrogens with zero attached hydrogens (tertiary/aromatic N) is 1. The Labute approximate surface area is 156 Å². The zero-order valence-electron chi connectivity index (χ0n) is 15.3. The van der Waals surface area contributed by atoms with Gasteiger partial charge in [-0.1, -0.05) is 17.4 Å². The van der Waals surface area contributed by atoms with Crippen molar-refractivity contribution in [3.63, 3.8) is 0 Å². The van der Waals surface area contributed by atoms with Gasteiger partial charge in [0.25, 0.3) is 5.91 Å². The van der Waals surface area contributed by atoms with Crippen LogP contribution in [0, 0.1) is 13.8 Å². The van der Waals surface area contributed by atoms with Crippen molar-refractivity contribution in [3.8, 4) is 5.75 Å². The quantitative estimate of drug-likeness (QED) is 0.729. The van der Waals surface area contributed by atoms with Gasteiger partial charge in [0.15, 0.2) is 6.61 Å². The van der Waals surface area contributed by atoms with Crippen LogP contribution in [0.3, 0.4) is 0 Å². The van der Waals surface area contributed by atoms with Gasteiger partial charge in [0.05, 0.1) is 10.2 Å². The number of thiazole rings is 1. The first kappa shape index (κ1) is 18.2. The molecule has 0 spiro atoms. The molecular formula is C20H22N2O3S. The highest BCUT2D eigenvalue weighted by atomic mass is 32.1. The van der Waals surface area contributed by atoms with E-state index in [1.807, 2.05) is 58.0 Å². The first-order chi connectivity index (χ1) is 12.3. The van der Waals surface area contributed by atoms with Crippen LogP contribution < -0.4 is 14.9 Å². The molecule has 0 atom stereocenters. The van der Waals surface area contributed by atoms with Gasteiger partial charge in [-0.3, -0.25) is 14.2 Å². The maximum Gasteiger partial charge on any atom is 0.308 e. The van der Waals surface area contributed by atoms with Crippen LogP contribution in [0.15, 0.2) is 41.2 Å². The van der Waals surface area contributed by atoms with Crippen LogP contribution >= 0.6 is 11.3 Å². The molecule has 6 heteroatoms. The number of aromatic nitrogens is 1. The SMILES string of the molecule is Cc1cc(C)cc(OCC(=O)Nc2ccc3c(c2)sc(=O)n3C(C)C)c1. The number of hydrogen-bond acceptors (Lipinski definition) is 4. The Balaban J connectivity index is 1.70. The fraction of sp³-hybridized carbons (Fsp3) is 0.300. The lowest BCUT2D eigenvalue weighted by atomic mass is 10.1. The Bertz CT molecular complexity index is 997. The molecule has 3 aromatic rings. The third-order valence-electron chi connectivity index (χ3n) is 3.98. The first-order valence-corrected chi connectivity index (χ1v) is 9.31. The van der Waals surface area contributed by atoms with Gasteiger partial charge in [-0.25, -0.2) is 0 Å². The van der Waals surface area contributed by atoms with Crippen molar-refractivity contribution in [2.24, 2.45) is 0 Å². The molecular weight excluding hydrogens is 348 g/mol. The van der Waals surface area contributed by atoms with Crippen molar-refractivity contribution in [2.75, 3.05) is 11.9 Å². The van der Waals surface area contributed by atoms with E-state index in [9.17, 15) is 9.59 Å². The van der Waals surface area contributed by atoms with Gasteiger partial charge in [-0.05, 0) is 69.2 Å². The number of anilines is 1. The van der Waals surface area contributed by atoms with Crippen molar-refractivity contribution < 1.29 is 9.53 Å². The second-order valence-corrected chi connectivity index (χ2v) is 7.67. The number of nitrogens with one attached hydrogen (secondary N) is 1. The fourth-order valence-corrected chi connectivity index (χ4v) is 4.02. The Kier molecular flexibility index (Phi) is 5.13. The van der Waals surface area contributed by atoms with E-state index in [4.69, 9.17) is 4.74 Å². The van der Waals surface area contributed by atoms with Crippen LogP contribution in [0.4, 0.5) is 5.69 Å². The fourth-order valence-electron chi connectivity index (χ4n) is 2.97. The molecule has 0 unspecified atom stereocenters. The number of carbonyl (C=O) groups is 1. The largest absolute Gasteiger partial charge is 0.484 e. The van der Waals surface area contributed by atoms with Crippen LogP contribution in [0.2, 0.25) is 0 Å². The summed E-state index contributed by atoms with van der Waals surface area (Å²) in [4.78, 5) is 24.3. The van der Waals surface area contributed by atoms with Crippen LogP contribution in [-0.4, -0.2) is 17.1 Å². The van der Waals surface area contributed by atoms with Crippen molar-refractivity contribution in [1.82, 2.24) is 4.57 Å². The minimum atomic E-state index is -0.237. The predicted molar refractivity (Wildman–Crippen MR) is 107 cm³/mol. The zero-order chi connectivity index (χ0) is 18.8. The molecule has 5 nitrogen and oxygen atoms in total. The maximum absolute atomic E-state index is 12.2. The van der Waals surface area contributed by atoms with E-state index < -0.39 is 0 Å². The lowest BCUT2D eigenvalue weighted by molar-refractivity contribution is -0.118. The van der Waals surface area contributed by atoms with Gasteiger partial charge in [-0.2, -0.15) is 0 Å². The number of carbonyl (C=O) groups excluding carboxylic acids is 1. The minimum Gasteiger partial charge on any atom is -0.484 e. The summed E-state index contributed by atoms with van der Waals surface area (Å²) in [5, 5.41) is 2.82. The summed E-state index contributed by atoms with van der Waals surface area (Å²) in [7, 11) is 0. The predicted octanol–water partition coefficient (Wildman–Crippen LogP) is 4.28. The number of amides is 1. The van der Waals surface area contributed by atoms with E-state index in [0.29, 0.717) is 11.4 Å². The minimum absolute atomic E-state index is 0.0108. The zero-order valence-corrected chi connectivity index (χ0v) is 16.1. The highest BCUT2D eigenvalue weighted by Crippen LogP contribution is 2.24. The molecule has 0 bridgehead atoms. The normalized spacial score (nSPS) is 11.1. The molecule has 1 aromatic heterocycles. The third kappa shape index (κ3) is 3.96. The summed E-state index contributed by atoms with van der Waals surface area (Å²) in [6.45, 7) is 7.87. The summed E-state index contributed by atoms with van der Waals surface area (Å²) in [6, 6.07) is 11.5. The molecule has 0 saturated carbocycles. The number of rotatable bonds is 5. The molecule has 1 N–H and O–H groups in total. The summed E-state index contributed by atoms with van der Waals surface area (Å²) < 4.78 is 8.20. The number of benzene rings is 2. The molecule has 0 aliphatic rings. The standard InChI is InChI=1S/C20H22N2O3S/c1-12(2)22-17-6-5-15(10-18(17)26-20(22)24)21-19(23)11-25-16-8-13(3)7-14(4)9-16/h5-10,12H,11H2,1-4H3,(H,21,23). The smallest absolute Gasteiger partial charge is 0.308 e. The van der Waals surface area contributed by atoms with E-state index in [0.717, 1.165) is 21.3 Å². The van der Waals surface area contributed by atoms with Crippen molar-refractivity contribution in [2.45, 2.75) is 33.7 Å². The molecule has 3 rings (SSSR count). The monoisotopic (exact) mass is 370 g/mol. The van der Waals surface area contributed by atoms with E-state index in [1.165, 1.54) is 11.3 Å². The second-order valence-electron chi connectivity index (χ2n) is 6.67. The summed E-state index contributed by atoms with van der Waals surface area (Å²) in [6.07, 6.45) is 0. The highest BCUT2D eigenvalue weighted by molar-refractivity contribution is 7.16. The molecule has 1 heterocycles. The average Bonchev–Trinajstić information content (AvgIpc) is 2.87. The summed E-state index contributed by atoms with van der Waals surface area (Å²) in [5.41, 5.74) is 3.73. The first-order valence-electron chi connectivity index (χ1n) is 8.49. The van der Waals surface area contributed by atoms with Gasteiger partial charge in [0, 0.05) is 11.7 Å². The van der Waals surface area contributed by atoms with Crippen LogP contribution in [-0.2, 0) is 4.79 Å². The van der Waals surface area contributed by atoms with Crippen molar-refractivity contribution in [3.05, 3.63) is 57.2 Å². The molecule has 0 aliphatic carbocycles. The topological polar surface area (TPSA) is 60.3 Å². The van der Waals surface area contributed by atoms with Crippen molar-refractivity contribution in [1.29, 1.82) is 0 Å². The average molecular weight is 370 g/mol. The van der Waals surface area contributed by atoms with Crippen LogP contribution in [0.5, 0.6) is 5.75 Å². The van der Waals surface area contributed by atoms with Crippen molar-refractivity contribution >= 4 is 33.1 Å². The van der Waals surface area contributed by atoms with E-state index in [-0.39, 0.29) is 23.4 Å². The third-order valence-corrected chi connectivity index (χ3v) is 4.90. The molecule has 1 amide bonds. The Morgan fingerprint density at radius 2 is 1.85 bits per heavy atom. The molecule has 0 fully saturated rings. The molecule has 2 aromatic carbocycles. The van der Waals surface area contributed by atoms with Gasteiger partial charge < -0.3 is 10.1 Å². The van der Waals surface area contributed by atoms with Gasteiger partial charge in [-0.15, -0.1) is 0 Å². The second kappa shape index (κ2) is 7.33. The molecule has 0 radical (unpaired) electrons. The molecule has 0 aliphatic heterocycles. The van der Waals surface area contributed by atoms with Gasteiger partial charge in [0.2, 0.25) is 0 Å². The Hall–Kier alpha value is -2.60. The van der Waals surface area contributed by atoms with Gasteiger partial charge >= 0.3 is 4.87 Å². The number of aryl methyl sites for hydroxylation is 2. The maximum atomic E-state index is 12.2. The lowest BCUT2D eigenvalue weighted by Crippen LogP contribution is -2.20. The van der Waals surface area contributed by atoms with Crippen LogP contribution in [0.25, 0.3) is 10.2 Å². The number of fused-ring (bicyclic) bond motifs is 1. The summed E-state index contributed by atoms with van der Waals surface area (Å²) in [5.74, 6) is 0.444. The Morgan fingerprint density at radius 1 is 1.15 bits per heavy atom. The van der Waals surface area contributed by atoms with E-state index in [1.54, 1.807) is 4.57 Å².